The minimum absolute atomic E-state index is 0.281. The Morgan fingerprint density at radius 3 is 3.00 bits per heavy atom. The molecule has 0 atom stereocenters. The highest BCUT2D eigenvalue weighted by Gasteiger charge is 2.09. The molecule has 94 valence electrons. The van der Waals surface area contributed by atoms with E-state index in [1.165, 1.54) is 12.3 Å². The number of nitrogens with zero attached hydrogens (tertiary/aromatic N) is 1. The first-order valence-electron chi connectivity index (χ1n) is 5.13. The smallest absolute Gasteiger partial charge is 0.253 e. The van der Waals surface area contributed by atoms with E-state index in [0.717, 1.165) is 0 Å². The van der Waals surface area contributed by atoms with Crippen LogP contribution in [0.2, 0.25) is 5.02 Å². The predicted molar refractivity (Wildman–Crippen MR) is 66.9 cm³/mol. The van der Waals surface area contributed by atoms with Gasteiger partial charge in [-0.05, 0) is 18.2 Å². The number of furan rings is 1. The number of carbonyl (C=O) groups is 1. The van der Waals surface area contributed by atoms with E-state index < -0.39 is 0 Å². The molecule has 0 aromatic carbocycles. The van der Waals surface area contributed by atoms with Crippen LogP contribution in [0.25, 0.3) is 0 Å². The summed E-state index contributed by atoms with van der Waals surface area (Å²) in [5.74, 6) is 5.89. The molecule has 0 aliphatic rings. The number of hydrazine groups is 1. The Balaban J connectivity index is 2.02. The highest BCUT2D eigenvalue weighted by atomic mass is 35.5. The molecule has 0 aliphatic heterocycles. The van der Waals surface area contributed by atoms with Gasteiger partial charge < -0.3 is 15.2 Å². The lowest BCUT2D eigenvalue weighted by Gasteiger charge is -2.06. The second-order valence-corrected chi connectivity index (χ2v) is 3.87. The van der Waals surface area contributed by atoms with E-state index in [2.05, 4.69) is 15.7 Å². The van der Waals surface area contributed by atoms with Gasteiger partial charge in [0.15, 0.2) is 5.82 Å². The van der Waals surface area contributed by atoms with Crippen LogP contribution < -0.4 is 16.6 Å². The number of rotatable bonds is 4. The summed E-state index contributed by atoms with van der Waals surface area (Å²) >= 11 is 5.87. The Kier molecular flexibility index (Phi) is 3.81. The number of aromatic nitrogens is 1. The van der Waals surface area contributed by atoms with Gasteiger partial charge in [0.1, 0.15) is 5.76 Å². The molecule has 2 aromatic heterocycles. The largest absolute Gasteiger partial charge is 0.467 e. The van der Waals surface area contributed by atoms with E-state index in [-0.39, 0.29) is 10.9 Å². The molecule has 2 aromatic rings. The molecule has 2 heterocycles. The average molecular weight is 267 g/mol. The maximum absolute atomic E-state index is 11.8. The third-order valence-electron chi connectivity index (χ3n) is 2.24. The van der Waals surface area contributed by atoms with Gasteiger partial charge in [-0.25, -0.2) is 10.8 Å². The molecule has 0 aliphatic carbocycles. The normalized spacial score (nSPS) is 10.1. The highest BCUT2D eigenvalue weighted by molar-refractivity contribution is 6.33. The number of nitrogens with two attached hydrogens (primary N) is 1. The number of amides is 1. The fourth-order valence-electron chi connectivity index (χ4n) is 1.35. The standard InChI is InChI=1S/C11H11ClN4O2/c12-9-4-7(5-14-10(9)16-13)11(17)15-6-8-2-1-3-18-8/h1-5H,6,13H2,(H,14,16)(H,15,17). The van der Waals surface area contributed by atoms with Crippen LogP contribution in [0.5, 0.6) is 0 Å². The second-order valence-electron chi connectivity index (χ2n) is 3.46. The van der Waals surface area contributed by atoms with E-state index >= 15 is 0 Å². The minimum atomic E-state index is -0.288. The molecular formula is C11H11ClN4O2. The van der Waals surface area contributed by atoms with Gasteiger partial charge in [-0.3, -0.25) is 4.79 Å². The van der Waals surface area contributed by atoms with E-state index in [4.69, 9.17) is 21.9 Å². The molecule has 0 saturated carbocycles. The van der Waals surface area contributed by atoms with Crippen molar-refractivity contribution in [2.24, 2.45) is 5.84 Å². The van der Waals surface area contributed by atoms with Gasteiger partial charge >= 0.3 is 0 Å². The van der Waals surface area contributed by atoms with Crippen LogP contribution in [-0.4, -0.2) is 10.9 Å². The fraction of sp³-hybridized carbons (Fsp3) is 0.0909. The third kappa shape index (κ3) is 2.79. The Hall–Kier alpha value is -2.05. The lowest BCUT2D eigenvalue weighted by Crippen LogP contribution is -2.23. The summed E-state index contributed by atoms with van der Waals surface area (Å²) < 4.78 is 5.10. The number of nitrogen functional groups attached to an aromatic ring is 1. The topological polar surface area (TPSA) is 93.2 Å². The Morgan fingerprint density at radius 1 is 1.56 bits per heavy atom. The Bertz CT molecular complexity index is 542. The minimum Gasteiger partial charge on any atom is -0.467 e. The summed E-state index contributed by atoms with van der Waals surface area (Å²) in [6.45, 7) is 0.306. The number of carbonyl (C=O) groups excluding carboxylic acids is 1. The number of nitrogens with one attached hydrogen (secondary N) is 2. The maximum Gasteiger partial charge on any atom is 0.253 e. The van der Waals surface area contributed by atoms with E-state index in [1.807, 2.05) is 0 Å². The second kappa shape index (κ2) is 5.52. The van der Waals surface area contributed by atoms with Crippen LogP contribution in [0.1, 0.15) is 16.1 Å². The summed E-state index contributed by atoms with van der Waals surface area (Å²) in [6, 6.07) is 5.01. The van der Waals surface area contributed by atoms with Crippen LogP contribution in [0, 0.1) is 0 Å². The van der Waals surface area contributed by atoms with Gasteiger partial charge in [0.25, 0.3) is 5.91 Å². The van der Waals surface area contributed by atoms with Crippen molar-refractivity contribution in [1.29, 1.82) is 0 Å². The van der Waals surface area contributed by atoms with Crippen molar-refractivity contribution in [3.8, 4) is 0 Å². The van der Waals surface area contributed by atoms with Crippen LogP contribution in [-0.2, 0) is 6.54 Å². The molecule has 0 fully saturated rings. The molecule has 7 heteroatoms. The van der Waals surface area contributed by atoms with Crippen molar-refractivity contribution in [2.75, 3.05) is 5.43 Å². The van der Waals surface area contributed by atoms with Gasteiger partial charge in [-0.15, -0.1) is 0 Å². The highest BCUT2D eigenvalue weighted by Crippen LogP contribution is 2.18. The molecule has 1 amide bonds. The molecule has 0 bridgehead atoms. The number of pyridine rings is 1. The van der Waals surface area contributed by atoms with Gasteiger partial charge in [0.2, 0.25) is 0 Å². The van der Waals surface area contributed by atoms with Crippen LogP contribution in [0.15, 0.2) is 35.1 Å². The van der Waals surface area contributed by atoms with E-state index in [1.54, 1.807) is 18.4 Å². The zero-order chi connectivity index (χ0) is 13.0. The molecule has 18 heavy (non-hydrogen) atoms. The molecule has 0 saturated heterocycles. The van der Waals surface area contributed by atoms with E-state index in [9.17, 15) is 4.79 Å². The molecule has 4 N–H and O–H groups in total. The molecule has 0 spiro atoms. The van der Waals surface area contributed by atoms with Gasteiger partial charge in [0, 0.05) is 6.20 Å². The first-order chi connectivity index (χ1) is 8.70. The number of halogens is 1. The molecule has 6 nitrogen and oxygen atoms in total. The average Bonchev–Trinajstić information content (AvgIpc) is 2.89. The zero-order valence-corrected chi connectivity index (χ0v) is 10.1. The summed E-state index contributed by atoms with van der Waals surface area (Å²) in [4.78, 5) is 15.7. The van der Waals surface area contributed by atoms with Crippen molar-refractivity contribution in [1.82, 2.24) is 10.3 Å². The molecule has 0 radical (unpaired) electrons. The molecule has 0 unspecified atom stereocenters. The monoisotopic (exact) mass is 266 g/mol. The van der Waals surface area contributed by atoms with Crippen LogP contribution in [0.4, 0.5) is 5.82 Å². The van der Waals surface area contributed by atoms with Crippen LogP contribution >= 0.6 is 11.6 Å². The Morgan fingerprint density at radius 2 is 2.39 bits per heavy atom. The zero-order valence-electron chi connectivity index (χ0n) is 9.31. The van der Waals surface area contributed by atoms with Crippen molar-refractivity contribution in [2.45, 2.75) is 6.54 Å². The number of hydrogen-bond donors (Lipinski definition) is 3. The maximum atomic E-state index is 11.8. The van der Waals surface area contributed by atoms with Crippen molar-refractivity contribution >= 4 is 23.3 Å². The first-order valence-corrected chi connectivity index (χ1v) is 5.51. The molecule has 2 rings (SSSR count). The van der Waals surface area contributed by atoms with Crippen molar-refractivity contribution in [3.05, 3.63) is 47.0 Å². The molecular weight excluding hydrogens is 256 g/mol. The number of hydrogen-bond acceptors (Lipinski definition) is 5. The van der Waals surface area contributed by atoms with E-state index in [0.29, 0.717) is 23.7 Å². The van der Waals surface area contributed by atoms with Crippen LogP contribution in [0.3, 0.4) is 0 Å². The van der Waals surface area contributed by atoms with Crippen molar-refractivity contribution < 1.29 is 9.21 Å². The quantitative estimate of drug-likeness (QED) is 0.577. The summed E-state index contributed by atoms with van der Waals surface area (Å²) in [5.41, 5.74) is 2.68. The summed E-state index contributed by atoms with van der Waals surface area (Å²) in [6.07, 6.45) is 2.93. The van der Waals surface area contributed by atoms with Gasteiger partial charge in [-0.2, -0.15) is 0 Å². The first kappa shape index (κ1) is 12.4. The number of anilines is 1. The summed E-state index contributed by atoms with van der Waals surface area (Å²) in [5, 5.41) is 2.96. The lowest BCUT2D eigenvalue weighted by atomic mass is 10.2. The SMILES string of the molecule is NNc1ncc(C(=O)NCc2ccco2)cc1Cl. The van der Waals surface area contributed by atoms with Crippen molar-refractivity contribution in [3.63, 3.8) is 0 Å². The Labute approximate surface area is 108 Å². The lowest BCUT2D eigenvalue weighted by molar-refractivity contribution is 0.0947. The predicted octanol–water partition coefficient (Wildman–Crippen LogP) is 1.54. The fourth-order valence-corrected chi connectivity index (χ4v) is 1.57. The van der Waals surface area contributed by atoms with Gasteiger partial charge in [-0.1, -0.05) is 11.6 Å². The van der Waals surface area contributed by atoms with Gasteiger partial charge in [0.05, 0.1) is 23.4 Å². The summed E-state index contributed by atoms with van der Waals surface area (Å²) in [7, 11) is 0. The third-order valence-corrected chi connectivity index (χ3v) is 2.53.